The maximum atomic E-state index is 12.4. The molecule has 1 amide bonds. The van der Waals surface area contributed by atoms with Crippen molar-refractivity contribution in [2.45, 2.75) is 6.92 Å². The lowest BCUT2D eigenvalue weighted by Gasteiger charge is -2.09. The largest absolute Gasteiger partial charge is 0.497 e. The first-order valence-electron chi connectivity index (χ1n) is 6.58. The van der Waals surface area contributed by atoms with E-state index in [0.29, 0.717) is 5.69 Å². The summed E-state index contributed by atoms with van der Waals surface area (Å²) in [5, 5.41) is 10.6. The van der Waals surface area contributed by atoms with Crippen molar-refractivity contribution in [1.29, 1.82) is 0 Å². The van der Waals surface area contributed by atoms with Gasteiger partial charge in [-0.25, -0.2) is 0 Å². The van der Waals surface area contributed by atoms with Crippen LogP contribution in [0.3, 0.4) is 0 Å². The van der Waals surface area contributed by atoms with E-state index in [1.54, 1.807) is 7.11 Å². The van der Waals surface area contributed by atoms with Crippen LogP contribution in [0.4, 0.5) is 5.69 Å². The SMILES string of the molecule is COc1ccc(NC(=O)c2n[nH]c3ccccc23)c(C)c1. The molecule has 5 heteroatoms. The molecular formula is C16H15N3O2. The molecule has 0 aliphatic rings. The van der Waals surface area contributed by atoms with Gasteiger partial charge in [-0.05, 0) is 36.8 Å². The smallest absolute Gasteiger partial charge is 0.276 e. The highest BCUT2D eigenvalue weighted by atomic mass is 16.5. The molecule has 106 valence electrons. The van der Waals surface area contributed by atoms with E-state index >= 15 is 0 Å². The van der Waals surface area contributed by atoms with Gasteiger partial charge in [0.1, 0.15) is 5.75 Å². The van der Waals surface area contributed by atoms with Gasteiger partial charge in [-0.15, -0.1) is 0 Å². The number of aromatic amines is 1. The highest BCUT2D eigenvalue weighted by molar-refractivity contribution is 6.11. The molecule has 0 radical (unpaired) electrons. The van der Waals surface area contributed by atoms with Gasteiger partial charge >= 0.3 is 0 Å². The number of fused-ring (bicyclic) bond motifs is 1. The molecule has 0 atom stereocenters. The van der Waals surface area contributed by atoms with Gasteiger partial charge in [-0.2, -0.15) is 5.10 Å². The van der Waals surface area contributed by atoms with Crippen molar-refractivity contribution >= 4 is 22.5 Å². The van der Waals surface area contributed by atoms with E-state index in [0.717, 1.165) is 27.9 Å². The summed E-state index contributed by atoms with van der Waals surface area (Å²) in [5.74, 6) is 0.524. The Morgan fingerprint density at radius 3 is 2.81 bits per heavy atom. The third-order valence-corrected chi connectivity index (χ3v) is 3.37. The predicted octanol–water partition coefficient (Wildman–Crippen LogP) is 3.13. The Morgan fingerprint density at radius 1 is 1.24 bits per heavy atom. The lowest BCUT2D eigenvalue weighted by atomic mass is 10.1. The Bertz CT molecular complexity index is 808. The Kier molecular flexibility index (Phi) is 3.31. The molecule has 0 spiro atoms. The van der Waals surface area contributed by atoms with E-state index in [2.05, 4.69) is 15.5 Å². The minimum atomic E-state index is -0.235. The summed E-state index contributed by atoms with van der Waals surface area (Å²) >= 11 is 0. The highest BCUT2D eigenvalue weighted by Gasteiger charge is 2.14. The Labute approximate surface area is 121 Å². The van der Waals surface area contributed by atoms with Crippen LogP contribution >= 0.6 is 0 Å². The molecule has 3 aromatic rings. The second-order valence-electron chi connectivity index (χ2n) is 4.75. The Hall–Kier alpha value is -2.82. The number of aromatic nitrogens is 2. The molecule has 1 aromatic heterocycles. The fraction of sp³-hybridized carbons (Fsp3) is 0.125. The molecule has 3 rings (SSSR count). The van der Waals surface area contributed by atoms with Gasteiger partial charge in [0.2, 0.25) is 0 Å². The van der Waals surface area contributed by atoms with Crippen LogP contribution < -0.4 is 10.1 Å². The number of benzene rings is 2. The van der Waals surface area contributed by atoms with Gasteiger partial charge < -0.3 is 10.1 Å². The lowest BCUT2D eigenvalue weighted by molar-refractivity contribution is 0.102. The van der Waals surface area contributed by atoms with Crippen molar-refractivity contribution in [3.05, 3.63) is 53.7 Å². The number of methoxy groups -OCH3 is 1. The number of anilines is 1. The fourth-order valence-electron chi connectivity index (χ4n) is 2.22. The number of nitrogens with zero attached hydrogens (tertiary/aromatic N) is 1. The monoisotopic (exact) mass is 281 g/mol. The summed E-state index contributed by atoms with van der Waals surface area (Å²) in [6.07, 6.45) is 0. The van der Waals surface area contributed by atoms with E-state index in [4.69, 9.17) is 4.74 Å². The van der Waals surface area contributed by atoms with Crippen LogP contribution in [0, 0.1) is 6.92 Å². The molecule has 0 bridgehead atoms. The van der Waals surface area contributed by atoms with Gasteiger partial charge in [-0.1, -0.05) is 18.2 Å². The van der Waals surface area contributed by atoms with E-state index in [1.807, 2.05) is 49.4 Å². The van der Waals surface area contributed by atoms with Crippen molar-refractivity contribution in [3.63, 3.8) is 0 Å². The molecule has 0 aliphatic carbocycles. The molecule has 1 heterocycles. The molecule has 2 aromatic carbocycles. The molecule has 2 N–H and O–H groups in total. The third-order valence-electron chi connectivity index (χ3n) is 3.37. The minimum Gasteiger partial charge on any atom is -0.497 e. The number of nitrogens with one attached hydrogen (secondary N) is 2. The quantitative estimate of drug-likeness (QED) is 0.775. The highest BCUT2D eigenvalue weighted by Crippen LogP contribution is 2.22. The number of rotatable bonds is 3. The van der Waals surface area contributed by atoms with E-state index in [9.17, 15) is 4.79 Å². The zero-order valence-corrected chi connectivity index (χ0v) is 11.8. The number of para-hydroxylation sites is 1. The topological polar surface area (TPSA) is 67.0 Å². The number of carbonyl (C=O) groups excluding carboxylic acids is 1. The van der Waals surface area contributed by atoms with Crippen molar-refractivity contribution in [1.82, 2.24) is 10.2 Å². The van der Waals surface area contributed by atoms with Gasteiger partial charge in [-0.3, -0.25) is 9.89 Å². The van der Waals surface area contributed by atoms with E-state index in [-0.39, 0.29) is 5.91 Å². The zero-order chi connectivity index (χ0) is 14.8. The summed E-state index contributed by atoms with van der Waals surface area (Å²) in [6, 6.07) is 13.0. The van der Waals surface area contributed by atoms with Gasteiger partial charge in [0.05, 0.1) is 12.6 Å². The van der Waals surface area contributed by atoms with Crippen LogP contribution in [0.15, 0.2) is 42.5 Å². The second kappa shape index (κ2) is 5.28. The van der Waals surface area contributed by atoms with E-state index < -0.39 is 0 Å². The summed E-state index contributed by atoms with van der Waals surface area (Å²) in [7, 11) is 1.61. The molecular weight excluding hydrogens is 266 g/mol. The zero-order valence-electron chi connectivity index (χ0n) is 11.8. The van der Waals surface area contributed by atoms with Crippen LogP contribution in [0.25, 0.3) is 10.9 Å². The number of ether oxygens (including phenoxy) is 1. The average molecular weight is 281 g/mol. The van der Waals surface area contributed by atoms with Crippen LogP contribution in [0.5, 0.6) is 5.75 Å². The first kappa shape index (κ1) is 13.2. The summed E-state index contributed by atoms with van der Waals surface area (Å²) in [4.78, 5) is 12.4. The molecule has 0 aliphatic heterocycles. The molecule has 0 fully saturated rings. The maximum absolute atomic E-state index is 12.4. The van der Waals surface area contributed by atoms with Gasteiger partial charge in [0, 0.05) is 11.1 Å². The summed E-state index contributed by atoms with van der Waals surface area (Å²) in [5.41, 5.74) is 2.91. The lowest BCUT2D eigenvalue weighted by Crippen LogP contribution is -2.13. The average Bonchev–Trinajstić information content (AvgIpc) is 2.93. The molecule has 0 unspecified atom stereocenters. The standard InChI is InChI=1S/C16H15N3O2/c1-10-9-11(21-2)7-8-13(10)17-16(20)15-12-5-3-4-6-14(12)18-19-15/h3-9H,1-2H3,(H,17,20)(H,18,19). The van der Waals surface area contributed by atoms with Crippen LogP contribution in [0.1, 0.15) is 16.1 Å². The first-order chi connectivity index (χ1) is 10.2. The Balaban J connectivity index is 1.90. The van der Waals surface area contributed by atoms with Crippen LogP contribution in [0.2, 0.25) is 0 Å². The number of aryl methyl sites for hydroxylation is 1. The number of carbonyl (C=O) groups is 1. The van der Waals surface area contributed by atoms with Gasteiger partial charge in [0.15, 0.2) is 5.69 Å². The third kappa shape index (κ3) is 2.45. The fourth-order valence-corrected chi connectivity index (χ4v) is 2.22. The van der Waals surface area contributed by atoms with Crippen LogP contribution in [-0.2, 0) is 0 Å². The molecule has 5 nitrogen and oxygen atoms in total. The van der Waals surface area contributed by atoms with E-state index in [1.165, 1.54) is 0 Å². The Morgan fingerprint density at radius 2 is 2.05 bits per heavy atom. The molecule has 0 saturated heterocycles. The minimum absolute atomic E-state index is 0.235. The number of hydrogen-bond donors (Lipinski definition) is 2. The summed E-state index contributed by atoms with van der Waals surface area (Å²) in [6.45, 7) is 1.92. The van der Waals surface area contributed by atoms with Crippen molar-refractivity contribution in [3.8, 4) is 5.75 Å². The number of hydrogen-bond acceptors (Lipinski definition) is 3. The molecule has 0 saturated carbocycles. The number of amides is 1. The molecule has 21 heavy (non-hydrogen) atoms. The normalized spacial score (nSPS) is 10.6. The van der Waals surface area contributed by atoms with Crippen LogP contribution in [-0.4, -0.2) is 23.2 Å². The summed E-state index contributed by atoms with van der Waals surface area (Å²) < 4.78 is 5.15. The first-order valence-corrected chi connectivity index (χ1v) is 6.58. The van der Waals surface area contributed by atoms with Crippen molar-refractivity contribution in [2.75, 3.05) is 12.4 Å². The maximum Gasteiger partial charge on any atom is 0.276 e. The second-order valence-corrected chi connectivity index (χ2v) is 4.75. The predicted molar refractivity (Wildman–Crippen MR) is 81.8 cm³/mol. The van der Waals surface area contributed by atoms with Gasteiger partial charge in [0.25, 0.3) is 5.91 Å². The van der Waals surface area contributed by atoms with Crippen molar-refractivity contribution < 1.29 is 9.53 Å². The van der Waals surface area contributed by atoms with Crippen molar-refractivity contribution in [2.24, 2.45) is 0 Å². The number of H-pyrrole nitrogens is 1.